The molecule has 0 aliphatic carbocycles. The van der Waals surface area contributed by atoms with E-state index in [9.17, 15) is 4.79 Å². The van der Waals surface area contributed by atoms with Gasteiger partial charge in [0.25, 0.3) is 5.91 Å². The average molecular weight is 366 g/mol. The second-order valence-electron chi connectivity index (χ2n) is 5.98. The van der Waals surface area contributed by atoms with Crippen molar-refractivity contribution < 1.29 is 4.79 Å². The van der Waals surface area contributed by atoms with Gasteiger partial charge in [0, 0.05) is 17.8 Å². The molecule has 0 saturated heterocycles. The van der Waals surface area contributed by atoms with Crippen molar-refractivity contribution in [2.24, 2.45) is 0 Å². The lowest BCUT2D eigenvalue weighted by molar-refractivity contribution is 0.0939. The van der Waals surface area contributed by atoms with Gasteiger partial charge in [0.2, 0.25) is 0 Å². The van der Waals surface area contributed by atoms with Gasteiger partial charge in [-0.2, -0.15) is 0 Å². The fraction of sp³-hybridized carbons (Fsp3) is 0.143. The van der Waals surface area contributed by atoms with Crippen molar-refractivity contribution in [2.75, 3.05) is 5.32 Å². The third kappa shape index (κ3) is 4.61. The van der Waals surface area contributed by atoms with Gasteiger partial charge in [0.15, 0.2) is 0 Å². The molecule has 3 aromatic rings. The molecule has 1 unspecified atom stereocenters. The Morgan fingerprint density at radius 2 is 1.77 bits per heavy atom. The van der Waals surface area contributed by atoms with Crippen LogP contribution in [0.15, 0.2) is 72.9 Å². The summed E-state index contributed by atoms with van der Waals surface area (Å²) in [6.07, 6.45) is 1.57. The van der Waals surface area contributed by atoms with Gasteiger partial charge in [0.05, 0.1) is 11.6 Å². The van der Waals surface area contributed by atoms with Gasteiger partial charge in [0.1, 0.15) is 5.82 Å². The van der Waals surface area contributed by atoms with Crippen molar-refractivity contribution in [1.82, 2.24) is 10.3 Å². The van der Waals surface area contributed by atoms with E-state index < -0.39 is 0 Å². The summed E-state index contributed by atoms with van der Waals surface area (Å²) < 4.78 is 0. The number of benzene rings is 2. The van der Waals surface area contributed by atoms with E-state index in [2.05, 4.69) is 15.6 Å². The van der Waals surface area contributed by atoms with Crippen LogP contribution in [-0.2, 0) is 6.54 Å². The highest BCUT2D eigenvalue weighted by molar-refractivity contribution is 6.31. The number of rotatable bonds is 6. The van der Waals surface area contributed by atoms with E-state index in [1.54, 1.807) is 18.3 Å². The Balaban J connectivity index is 1.58. The van der Waals surface area contributed by atoms with Crippen molar-refractivity contribution in [3.63, 3.8) is 0 Å². The Hall–Kier alpha value is -2.85. The summed E-state index contributed by atoms with van der Waals surface area (Å²) in [4.78, 5) is 16.7. The number of hydrogen-bond donors (Lipinski definition) is 2. The van der Waals surface area contributed by atoms with Crippen LogP contribution in [0.25, 0.3) is 0 Å². The zero-order valence-electron chi connectivity index (χ0n) is 14.4. The number of nitrogens with zero attached hydrogens (tertiary/aromatic N) is 1. The largest absolute Gasteiger partial charge is 0.366 e. The second-order valence-corrected chi connectivity index (χ2v) is 6.39. The molecule has 0 aliphatic heterocycles. The summed E-state index contributed by atoms with van der Waals surface area (Å²) in [7, 11) is 0. The van der Waals surface area contributed by atoms with Gasteiger partial charge in [-0.15, -0.1) is 0 Å². The van der Waals surface area contributed by atoms with Crippen LogP contribution in [-0.4, -0.2) is 10.9 Å². The average Bonchev–Trinajstić information content (AvgIpc) is 2.68. The molecule has 4 nitrogen and oxygen atoms in total. The molecular formula is C21H20ClN3O. The van der Waals surface area contributed by atoms with Crippen LogP contribution in [0, 0.1) is 0 Å². The van der Waals surface area contributed by atoms with Crippen LogP contribution in [0.5, 0.6) is 0 Å². The van der Waals surface area contributed by atoms with Gasteiger partial charge in [-0.1, -0.05) is 60.1 Å². The maximum atomic E-state index is 12.4. The van der Waals surface area contributed by atoms with Gasteiger partial charge in [-0.3, -0.25) is 4.79 Å². The Kier molecular flexibility index (Phi) is 5.87. The first-order valence-corrected chi connectivity index (χ1v) is 8.80. The van der Waals surface area contributed by atoms with Crippen LogP contribution in [0.2, 0.25) is 5.02 Å². The molecule has 132 valence electrons. The zero-order chi connectivity index (χ0) is 18.4. The number of carbonyl (C=O) groups excluding carboxylic acids is 1. The third-order valence-electron chi connectivity index (χ3n) is 4.09. The van der Waals surface area contributed by atoms with Crippen molar-refractivity contribution in [3.05, 3.63) is 94.6 Å². The Morgan fingerprint density at radius 3 is 2.46 bits per heavy atom. The predicted octanol–water partition coefficient (Wildman–Crippen LogP) is 4.84. The summed E-state index contributed by atoms with van der Waals surface area (Å²) in [5, 5.41) is 6.90. The Morgan fingerprint density at radius 1 is 1.04 bits per heavy atom. The topological polar surface area (TPSA) is 54.0 Å². The smallest absolute Gasteiger partial charge is 0.253 e. The van der Waals surface area contributed by atoms with Crippen molar-refractivity contribution in [3.8, 4) is 0 Å². The number of aromatic nitrogens is 1. The van der Waals surface area contributed by atoms with Crippen LogP contribution >= 0.6 is 11.6 Å². The summed E-state index contributed by atoms with van der Waals surface area (Å²) in [5.41, 5.74) is 2.58. The highest BCUT2D eigenvalue weighted by Crippen LogP contribution is 2.17. The minimum Gasteiger partial charge on any atom is -0.366 e. The molecule has 0 aliphatic rings. The molecule has 2 N–H and O–H groups in total. The van der Waals surface area contributed by atoms with Gasteiger partial charge >= 0.3 is 0 Å². The number of pyridine rings is 1. The van der Waals surface area contributed by atoms with Crippen molar-refractivity contribution >= 4 is 23.3 Å². The quantitative estimate of drug-likeness (QED) is 0.657. The summed E-state index contributed by atoms with van der Waals surface area (Å²) in [6.45, 7) is 2.53. The van der Waals surface area contributed by atoms with E-state index in [0.717, 1.165) is 11.1 Å². The molecule has 1 heterocycles. The van der Waals surface area contributed by atoms with E-state index in [1.165, 1.54) is 0 Å². The summed E-state index contributed by atoms with van der Waals surface area (Å²) in [5.74, 6) is 0.545. The number of halogens is 1. The number of nitrogens with one attached hydrogen (secondary N) is 2. The Labute approximate surface area is 158 Å². The minimum absolute atomic E-state index is 0.0678. The molecule has 0 spiro atoms. The zero-order valence-corrected chi connectivity index (χ0v) is 15.2. The molecule has 3 rings (SSSR count). The maximum Gasteiger partial charge on any atom is 0.253 e. The van der Waals surface area contributed by atoms with Gasteiger partial charge in [-0.25, -0.2) is 4.98 Å². The molecule has 0 saturated carbocycles. The normalized spacial score (nSPS) is 11.6. The molecular weight excluding hydrogens is 346 g/mol. The second kappa shape index (κ2) is 8.50. The molecule has 2 aromatic carbocycles. The first-order chi connectivity index (χ1) is 12.6. The maximum absolute atomic E-state index is 12.4. The lowest BCUT2D eigenvalue weighted by Gasteiger charge is -2.14. The highest BCUT2D eigenvalue weighted by Gasteiger charge is 2.11. The molecule has 1 atom stereocenters. The van der Waals surface area contributed by atoms with E-state index in [1.807, 2.05) is 61.5 Å². The van der Waals surface area contributed by atoms with Crippen molar-refractivity contribution in [2.45, 2.75) is 19.5 Å². The van der Waals surface area contributed by atoms with Crippen LogP contribution in [0.4, 0.5) is 5.82 Å². The summed E-state index contributed by atoms with van der Waals surface area (Å²) >= 11 is 6.14. The van der Waals surface area contributed by atoms with E-state index in [4.69, 9.17) is 11.6 Å². The minimum atomic E-state index is -0.147. The molecule has 0 fully saturated rings. The molecule has 0 radical (unpaired) electrons. The van der Waals surface area contributed by atoms with Crippen molar-refractivity contribution in [1.29, 1.82) is 0 Å². The fourth-order valence-corrected chi connectivity index (χ4v) is 2.77. The fourth-order valence-electron chi connectivity index (χ4n) is 2.57. The number of carbonyl (C=O) groups is 1. The van der Waals surface area contributed by atoms with Crippen LogP contribution in [0.3, 0.4) is 0 Å². The molecule has 5 heteroatoms. The lowest BCUT2D eigenvalue weighted by Crippen LogP contribution is -2.26. The first-order valence-electron chi connectivity index (χ1n) is 8.42. The van der Waals surface area contributed by atoms with Crippen LogP contribution in [0.1, 0.15) is 34.5 Å². The molecule has 0 bridgehead atoms. The van der Waals surface area contributed by atoms with Crippen LogP contribution < -0.4 is 10.6 Å². The molecule has 1 aromatic heterocycles. The number of amides is 1. The highest BCUT2D eigenvalue weighted by atomic mass is 35.5. The molecule has 26 heavy (non-hydrogen) atoms. The van der Waals surface area contributed by atoms with E-state index in [0.29, 0.717) is 22.9 Å². The van der Waals surface area contributed by atoms with E-state index in [-0.39, 0.29) is 11.9 Å². The van der Waals surface area contributed by atoms with Gasteiger partial charge < -0.3 is 10.6 Å². The SMILES string of the molecule is CC(NC(=O)c1ccc(NCc2ccccc2Cl)nc1)c1ccccc1. The number of hydrogen-bond acceptors (Lipinski definition) is 3. The van der Waals surface area contributed by atoms with Gasteiger partial charge in [-0.05, 0) is 36.2 Å². The standard InChI is InChI=1S/C21H20ClN3O/c1-15(16-7-3-2-4-8-16)25-21(26)18-11-12-20(24-14-18)23-13-17-9-5-6-10-19(17)22/h2-12,14-15H,13H2,1H3,(H,23,24)(H,25,26). The molecule has 1 amide bonds. The monoisotopic (exact) mass is 365 g/mol. The third-order valence-corrected chi connectivity index (χ3v) is 4.46. The first kappa shape index (κ1) is 18.0. The summed E-state index contributed by atoms with van der Waals surface area (Å²) in [6, 6.07) is 21.0. The Bertz CT molecular complexity index is 866. The van der Waals surface area contributed by atoms with E-state index >= 15 is 0 Å². The lowest BCUT2D eigenvalue weighted by atomic mass is 10.1. The predicted molar refractivity (Wildman–Crippen MR) is 105 cm³/mol. The number of anilines is 1.